The van der Waals surface area contributed by atoms with Crippen molar-refractivity contribution in [2.45, 2.75) is 24.3 Å². The summed E-state index contributed by atoms with van der Waals surface area (Å²) < 4.78 is 33.4. The lowest BCUT2D eigenvalue weighted by molar-refractivity contribution is 0.0983. The Morgan fingerprint density at radius 2 is 1.88 bits per heavy atom. The summed E-state index contributed by atoms with van der Waals surface area (Å²) in [6, 6.07) is 15.0. The second-order valence-corrected chi connectivity index (χ2v) is 11.1. The standard InChI is InChI=1S/C23H20ClN3O4S2/c24-17-7-10-20-21(14-17)32-23(25-20)27(15-18-4-3-13-31-18)22(28)16-5-8-19(9-6-16)33(29,30)26-11-1-2-12-26/h3-10,13-14H,1-2,11-12,15H2. The van der Waals surface area contributed by atoms with Gasteiger partial charge in [0.25, 0.3) is 5.91 Å². The van der Waals surface area contributed by atoms with Gasteiger partial charge in [0, 0.05) is 23.7 Å². The van der Waals surface area contributed by atoms with E-state index in [0.717, 1.165) is 23.1 Å². The third-order valence-electron chi connectivity index (χ3n) is 5.51. The van der Waals surface area contributed by atoms with E-state index in [9.17, 15) is 13.2 Å². The second kappa shape index (κ2) is 8.90. The normalized spacial score (nSPS) is 14.7. The number of amides is 1. The van der Waals surface area contributed by atoms with Gasteiger partial charge < -0.3 is 4.42 Å². The van der Waals surface area contributed by atoms with Crippen LogP contribution in [0.25, 0.3) is 10.2 Å². The van der Waals surface area contributed by atoms with E-state index in [4.69, 9.17) is 16.0 Å². The van der Waals surface area contributed by atoms with Crippen LogP contribution in [0.5, 0.6) is 0 Å². The molecule has 0 aliphatic carbocycles. The lowest BCUT2D eigenvalue weighted by atomic mass is 10.2. The van der Waals surface area contributed by atoms with Crippen LogP contribution in [-0.2, 0) is 16.6 Å². The molecule has 1 aliphatic heterocycles. The Morgan fingerprint density at radius 3 is 2.58 bits per heavy atom. The van der Waals surface area contributed by atoms with E-state index in [2.05, 4.69) is 4.98 Å². The molecule has 1 amide bonds. The van der Waals surface area contributed by atoms with Crippen LogP contribution in [0.3, 0.4) is 0 Å². The molecule has 1 aliphatic rings. The summed E-state index contributed by atoms with van der Waals surface area (Å²) in [6.07, 6.45) is 3.28. The van der Waals surface area contributed by atoms with E-state index < -0.39 is 10.0 Å². The Bertz CT molecular complexity index is 1390. The van der Waals surface area contributed by atoms with Crippen molar-refractivity contribution in [2.75, 3.05) is 18.0 Å². The van der Waals surface area contributed by atoms with Gasteiger partial charge in [0.15, 0.2) is 5.13 Å². The molecule has 10 heteroatoms. The quantitative estimate of drug-likeness (QED) is 0.363. The van der Waals surface area contributed by atoms with Crippen LogP contribution in [-0.4, -0.2) is 36.7 Å². The first-order valence-electron chi connectivity index (χ1n) is 10.4. The average molecular weight is 502 g/mol. The van der Waals surface area contributed by atoms with Gasteiger partial charge in [-0.25, -0.2) is 13.4 Å². The van der Waals surface area contributed by atoms with E-state index in [1.54, 1.807) is 36.6 Å². The Labute approximate surface area is 200 Å². The van der Waals surface area contributed by atoms with Crippen molar-refractivity contribution in [1.29, 1.82) is 0 Å². The maximum absolute atomic E-state index is 13.5. The predicted molar refractivity (Wildman–Crippen MR) is 128 cm³/mol. The summed E-state index contributed by atoms with van der Waals surface area (Å²) in [6.45, 7) is 1.25. The highest BCUT2D eigenvalue weighted by molar-refractivity contribution is 7.89. The van der Waals surface area contributed by atoms with E-state index in [1.165, 1.54) is 32.7 Å². The number of hydrogen-bond donors (Lipinski definition) is 0. The first-order chi connectivity index (χ1) is 15.9. The predicted octanol–water partition coefficient (Wildman–Crippen LogP) is 5.17. The average Bonchev–Trinajstić information content (AvgIpc) is 3.58. The summed E-state index contributed by atoms with van der Waals surface area (Å²) in [7, 11) is -3.55. The van der Waals surface area contributed by atoms with Crippen molar-refractivity contribution in [3.63, 3.8) is 0 Å². The van der Waals surface area contributed by atoms with Gasteiger partial charge in [-0.3, -0.25) is 9.69 Å². The molecule has 5 rings (SSSR count). The van der Waals surface area contributed by atoms with Gasteiger partial charge >= 0.3 is 0 Å². The fourth-order valence-corrected chi connectivity index (χ4v) is 6.55. The number of sulfonamides is 1. The van der Waals surface area contributed by atoms with Crippen molar-refractivity contribution in [3.05, 3.63) is 77.2 Å². The summed E-state index contributed by atoms with van der Waals surface area (Å²) in [5.41, 5.74) is 1.10. The fourth-order valence-electron chi connectivity index (χ4n) is 3.79. The minimum absolute atomic E-state index is 0.188. The molecule has 0 radical (unpaired) electrons. The number of halogens is 1. The summed E-state index contributed by atoms with van der Waals surface area (Å²) in [5.74, 6) is 0.301. The molecular formula is C23H20ClN3O4S2. The smallest absolute Gasteiger partial charge is 0.260 e. The number of benzene rings is 2. The Balaban J connectivity index is 1.47. The first kappa shape index (κ1) is 22.1. The SMILES string of the molecule is O=C(c1ccc(S(=O)(=O)N2CCCC2)cc1)N(Cc1ccco1)c1nc2ccc(Cl)cc2s1. The van der Waals surface area contributed by atoms with Gasteiger partial charge in [-0.15, -0.1) is 0 Å². The minimum Gasteiger partial charge on any atom is -0.467 e. The van der Waals surface area contributed by atoms with Gasteiger partial charge in [0.05, 0.1) is 27.9 Å². The Morgan fingerprint density at radius 1 is 1.12 bits per heavy atom. The largest absolute Gasteiger partial charge is 0.467 e. The molecule has 1 saturated heterocycles. The molecule has 1 fully saturated rings. The molecule has 7 nitrogen and oxygen atoms in total. The van der Waals surface area contributed by atoms with Crippen LogP contribution in [0.4, 0.5) is 5.13 Å². The summed E-state index contributed by atoms with van der Waals surface area (Å²) in [4.78, 5) is 19.8. The van der Waals surface area contributed by atoms with E-state index >= 15 is 0 Å². The summed E-state index contributed by atoms with van der Waals surface area (Å²) in [5, 5.41) is 1.10. The molecule has 0 bridgehead atoms. The van der Waals surface area contributed by atoms with Crippen molar-refractivity contribution in [3.8, 4) is 0 Å². The molecule has 4 aromatic rings. The highest BCUT2D eigenvalue weighted by atomic mass is 35.5. The lowest BCUT2D eigenvalue weighted by Gasteiger charge is -2.19. The molecule has 2 aromatic carbocycles. The van der Waals surface area contributed by atoms with Gasteiger partial charge in [0.2, 0.25) is 10.0 Å². The molecule has 0 unspecified atom stereocenters. The van der Waals surface area contributed by atoms with Crippen LogP contribution in [0.1, 0.15) is 29.0 Å². The minimum atomic E-state index is -3.55. The maximum Gasteiger partial charge on any atom is 0.260 e. The maximum atomic E-state index is 13.5. The fraction of sp³-hybridized carbons (Fsp3) is 0.217. The zero-order chi connectivity index (χ0) is 23.0. The Kier molecular flexibility index (Phi) is 5.96. The van der Waals surface area contributed by atoms with Crippen LogP contribution in [0.2, 0.25) is 5.02 Å². The number of hydrogen-bond acceptors (Lipinski definition) is 6. The number of thiazole rings is 1. The number of furan rings is 1. The lowest BCUT2D eigenvalue weighted by Crippen LogP contribution is -2.30. The number of anilines is 1. The molecule has 0 spiro atoms. The van der Waals surface area contributed by atoms with Gasteiger partial charge in [-0.2, -0.15) is 4.31 Å². The topological polar surface area (TPSA) is 83.7 Å². The van der Waals surface area contributed by atoms with Gasteiger partial charge in [-0.05, 0) is 67.4 Å². The van der Waals surface area contributed by atoms with Crippen LogP contribution >= 0.6 is 22.9 Å². The van der Waals surface area contributed by atoms with E-state index in [-0.39, 0.29) is 17.3 Å². The molecule has 0 atom stereocenters. The molecule has 0 N–H and O–H groups in total. The molecule has 2 aromatic heterocycles. The highest BCUT2D eigenvalue weighted by Gasteiger charge is 2.28. The van der Waals surface area contributed by atoms with Crippen LogP contribution in [0.15, 0.2) is 70.2 Å². The van der Waals surface area contributed by atoms with E-state index in [1.807, 2.05) is 12.1 Å². The Hall–Kier alpha value is -2.72. The van der Waals surface area contributed by atoms with Gasteiger partial charge in [-0.1, -0.05) is 22.9 Å². The first-order valence-corrected chi connectivity index (χ1v) is 13.1. The molecule has 170 valence electrons. The number of rotatable bonds is 6. The van der Waals surface area contributed by atoms with Gasteiger partial charge in [0.1, 0.15) is 5.76 Å². The number of carbonyl (C=O) groups is 1. The molecular weight excluding hydrogens is 482 g/mol. The van der Waals surface area contributed by atoms with Crippen LogP contribution in [0, 0.1) is 0 Å². The summed E-state index contributed by atoms with van der Waals surface area (Å²) >= 11 is 7.46. The third-order valence-corrected chi connectivity index (χ3v) is 8.70. The zero-order valence-corrected chi connectivity index (χ0v) is 19.9. The molecule has 3 heterocycles. The number of nitrogens with zero attached hydrogens (tertiary/aromatic N) is 3. The number of aromatic nitrogens is 1. The number of fused-ring (bicyclic) bond motifs is 1. The van der Waals surface area contributed by atoms with Crippen molar-refractivity contribution < 1.29 is 17.6 Å². The van der Waals surface area contributed by atoms with Crippen molar-refractivity contribution in [1.82, 2.24) is 9.29 Å². The molecule has 0 saturated carbocycles. The second-order valence-electron chi connectivity index (χ2n) is 7.71. The highest BCUT2D eigenvalue weighted by Crippen LogP contribution is 2.32. The van der Waals surface area contributed by atoms with Crippen molar-refractivity contribution >= 4 is 54.2 Å². The zero-order valence-electron chi connectivity index (χ0n) is 17.5. The molecule has 33 heavy (non-hydrogen) atoms. The monoisotopic (exact) mass is 501 g/mol. The van der Waals surface area contributed by atoms with E-state index in [0.29, 0.717) is 34.6 Å². The van der Waals surface area contributed by atoms with Crippen LogP contribution < -0.4 is 4.90 Å². The van der Waals surface area contributed by atoms with Crippen molar-refractivity contribution in [2.24, 2.45) is 0 Å². The number of carbonyl (C=O) groups excluding carboxylic acids is 1. The third kappa shape index (κ3) is 4.41.